The average molecular weight is 281 g/mol. The predicted molar refractivity (Wildman–Crippen MR) is 84.0 cm³/mol. The van der Waals surface area contributed by atoms with Crippen molar-refractivity contribution < 1.29 is 4.79 Å². The van der Waals surface area contributed by atoms with Gasteiger partial charge in [-0.3, -0.25) is 9.78 Å². The molecule has 1 amide bonds. The number of amides is 1. The smallest absolute Gasteiger partial charge is 0.228 e. The molecule has 3 rings (SSSR count). The molecule has 1 aliphatic heterocycles. The van der Waals surface area contributed by atoms with Gasteiger partial charge in [0.25, 0.3) is 0 Å². The molecule has 2 heterocycles. The van der Waals surface area contributed by atoms with E-state index in [9.17, 15) is 4.79 Å². The number of nitrogens with zero attached hydrogens (tertiary/aromatic N) is 1. The Morgan fingerprint density at radius 2 is 2.05 bits per heavy atom. The van der Waals surface area contributed by atoms with E-state index in [4.69, 9.17) is 0 Å². The third-order valence-corrected chi connectivity index (χ3v) is 3.94. The number of aromatic nitrogens is 1. The molecule has 2 aromatic rings. The van der Waals surface area contributed by atoms with Crippen molar-refractivity contribution in [3.05, 3.63) is 48.3 Å². The molecule has 0 bridgehead atoms. The maximum absolute atomic E-state index is 12.3. The van der Waals surface area contributed by atoms with Crippen molar-refractivity contribution in [2.24, 2.45) is 5.92 Å². The lowest BCUT2D eigenvalue weighted by Gasteiger charge is -2.13. The van der Waals surface area contributed by atoms with Crippen molar-refractivity contribution in [3.63, 3.8) is 0 Å². The van der Waals surface area contributed by atoms with E-state index in [0.29, 0.717) is 0 Å². The minimum atomic E-state index is 0.0778. The van der Waals surface area contributed by atoms with Crippen LogP contribution in [-0.4, -0.2) is 24.0 Å². The fourth-order valence-electron chi connectivity index (χ4n) is 2.59. The molecule has 108 valence electrons. The lowest BCUT2D eigenvalue weighted by molar-refractivity contribution is -0.119. The fraction of sp³-hybridized carbons (Fsp3) is 0.294. The number of carbonyl (C=O) groups excluding carboxylic acids is 1. The van der Waals surface area contributed by atoms with Gasteiger partial charge in [0.2, 0.25) is 5.91 Å². The summed E-state index contributed by atoms with van der Waals surface area (Å²) in [6, 6.07) is 10.1. The zero-order valence-electron chi connectivity index (χ0n) is 12.1. The van der Waals surface area contributed by atoms with E-state index >= 15 is 0 Å². The van der Waals surface area contributed by atoms with E-state index in [1.54, 1.807) is 12.4 Å². The Balaban J connectivity index is 1.83. The molecule has 1 atom stereocenters. The first-order valence-corrected chi connectivity index (χ1v) is 7.26. The fourth-order valence-corrected chi connectivity index (χ4v) is 2.59. The topological polar surface area (TPSA) is 54.0 Å². The van der Waals surface area contributed by atoms with Gasteiger partial charge in [-0.15, -0.1) is 0 Å². The lowest BCUT2D eigenvalue weighted by Crippen LogP contribution is -2.24. The van der Waals surface area contributed by atoms with Gasteiger partial charge in [0.05, 0.1) is 5.92 Å². The number of hydrogen-bond donors (Lipinski definition) is 2. The predicted octanol–water partition coefficient (Wildman–Crippen LogP) is 2.61. The molecule has 4 heteroatoms. The summed E-state index contributed by atoms with van der Waals surface area (Å²) < 4.78 is 0. The summed E-state index contributed by atoms with van der Waals surface area (Å²) >= 11 is 0. The largest absolute Gasteiger partial charge is 0.326 e. The number of pyridine rings is 1. The Bertz CT molecular complexity index is 634. The third-order valence-electron chi connectivity index (χ3n) is 3.94. The van der Waals surface area contributed by atoms with Crippen LogP contribution in [0.4, 0.5) is 5.69 Å². The molecule has 21 heavy (non-hydrogen) atoms. The number of carbonyl (C=O) groups is 1. The highest BCUT2D eigenvalue weighted by Crippen LogP contribution is 2.25. The lowest BCUT2D eigenvalue weighted by atomic mass is 10.0. The molecule has 2 N–H and O–H groups in total. The van der Waals surface area contributed by atoms with Crippen molar-refractivity contribution in [3.8, 4) is 11.1 Å². The van der Waals surface area contributed by atoms with Crippen molar-refractivity contribution >= 4 is 11.6 Å². The molecule has 0 spiro atoms. The van der Waals surface area contributed by atoms with Gasteiger partial charge in [-0.2, -0.15) is 0 Å². The quantitative estimate of drug-likeness (QED) is 0.909. The van der Waals surface area contributed by atoms with Gasteiger partial charge in [-0.1, -0.05) is 12.1 Å². The summed E-state index contributed by atoms with van der Waals surface area (Å²) in [5.41, 5.74) is 4.15. The van der Waals surface area contributed by atoms with Crippen LogP contribution in [0.1, 0.15) is 12.0 Å². The van der Waals surface area contributed by atoms with Crippen molar-refractivity contribution in [1.29, 1.82) is 0 Å². The summed E-state index contributed by atoms with van der Waals surface area (Å²) in [6.45, 7) is 3.71. The van der Waals surface area contributed by atoms with Gasteiger partial charge < -0.3 is 10.6 Å². The highest BCUT2D eigenvalue weighted by molar-refractivity contribution is 5.94. The zero-order chi connectivity index (χ0) is 14.7. The molecule has 1 aromatic carbocycles. The first-order chi connectivity index (χ1) is 10.2. The number of anilines is 1. The van der Waals surface area contributed by atoms with Crippen molar-refractivity contribution in [1.82, 2.24) is 10.3 Å². The Morgan fingerprint density at radius 1 is 1.24 bits per heavy atom. The molecule has 1 aromatic heterocycles. The van der Waals surface area contributed by atoms with E-state index in [1.807, 2.05) is 31.2 Å². The SMILES string of the molecule is Cc1ccc(-c2ccncc2)cc1NC(=O)C1CCNC1. The third kappa shape index (κ3) is 3.11. The number of benzene rings is 1. The maximum atomic E-state index is 12.3. The second-order valence-electron chi connectivity index (χ2n) is 5.44. The van der Waals surface area contributed by atoms with Gasteiger partial charge in [0, 0.05) is 24.6 Å². The summed E-state index contributed by atoms with van der Waals surface area (Å²) in [6.07, 6.45) is 4.46. The minimum Gasteiger partial charge on any atom is -0.326 e. The second-order valence-corrected chi connectivity index (χ2v) is 5.44. The second kappa shape index (κ2) is 6.06. The average Bonchev–Trinajstić information content (AvgIpc) is 3.05. The van der Waals surface area contributed by atoms with Crippen LogP contribution >= 0.6 is 0 Å². The van der Waals surface area contributed by atoms with Gasteiger partial charge >= 0.3 is 0 Å². The zero-order valence-corrected chi connectivity index (χ0v) is 12.1. The first kappa shape index (κ1) is 13.8. The van der Waals surface area contributed by atoms with Crippen LogP contribution in [0.5, 0.6) is 0 Å². The number of aryl methyl sites for hydroxylation is 1. The number of rotatable bonds is 3. The molecule has 1 aliphatic rings. The van der Waals surface area contributed by atoms with Gasteiger partial charge in [-0.25, -0.2) is 0 Å². The van der Waals surface area contributed by atoms with Crippen LogP contribution in [-0.2, 0) is 4.79 Å². The van der Waals surface area contributed by atoms with Crippen LogP contribution in [0, 0.1) is 12.8 Å². The highest BCUT2D eigenvalue weighted by atomic mass is 16.1. The Morgan fingerprint density at radius 3 is 2.76 bits per heavy atom. The van der Waals surface area contributed by atoms with Crippen LogP contribution < -0.4 is 10.6 Å². The number of nitrogens with one attached hydrogen (secondary N) is 2. The van der Waals surface area contributed by atoms with Gasteiger partial charge in [0.15, 0.2) is 0 Å². The molecule has 1 fully saturated rings. The minimum absolute atomic E-state index is 0.0778. The molecular formula is C17H19N3O. The maximum Gasteiger partial charge on any atom is 0.228 e. The monoisotopic (exact) mass is 281 g/mol. The Hall–Kier alpha value is -2.20. The highest BCUT2D eigenvalue weighted by Gasteiger charge is 2.22. The van der Waals surface area contributed by atoms with E-state index in [2.05, 4.69) is 21.7 Å². The molecule has 4 nitrogen and oxygen atoms in total. The standard InChI is InChI=1S/C17H19N3O/c1-12-2-3-14(13-4-7-18-8-5-13)10-16(12)20-17(21)15-6-9-19-11-15/h2-5,7-8,10,15,19H,6,9,11H2,1H3,(H,20,21). The van der Waals surface area contributed by atoms with Crippen LogP contribution in [0.3, 0.4) is 0 Å². The van der Waals surface area contributed by atoms with Crippen LogP contribution in [0.2, 0.25) is 0 Å². The van der Waals surface area contributed by atoms with E-state index in [1.165, 1.54) is 0 Å². The van der Waals surface area contributed by atoms with Crippen LogP contribution in [0.25, 0.3) is 11.1 Å². The molecular weight excluding hydrogens is 262 g/mol. The number of hydrogen-bond acceptors (Lipinski definition) is 3. The molecule has 0 radical (unpaired) electrons. The summed E-state index contributed by atoms with van der Waals surface area (Å²) in [5, 5.41) is 6.29. The van der Waals surface area contributed by atoms with Crippen molar-refractivity contribution in [2.75, 3.05) is 18.4 Å². The molecule has 0 saturated carbocycles. The van der Waals surface area contributed by atoms with Gasteiger partial charge in [-0.05, 0) is 54.8 Å². The Kier molecular flexibility index (Phi) is 3.97. The normalized spacial score (nSPS) is 17.7. The summed E-state index contributed by atoms with van der Waals surface area (Å²) in [4.78, 5) is 16.3. The van der Waals surface area contributed by atoms with E-state index in [-0.39, 0.29) is 11.8 Å². The van der Waals surface area contributed by atoms with E-state index in [0.717, 1.165) is 41.9 Å². The molecule has 1 unspecified atom stereocenters. The van der Waals surface area contributed by atoms with E-state index < -0.39 is 0 Å². The van der Waals surface area contributed by atoms with Crippen molar-refractivity contribution in [2.45, 2.75) is 13.3 Å². The Labute approximate surface area is 124 Å². The van der Waals surface area contributed by atoms with Gasteiger partial charge in [0.1, 0.15) is 0 Å². The molecule has 1 saturated heterocycles. The summed E-state index contributed by atoms with van der Waals surface area (Å²) in [5.74, 6) is 0.184. The van der Waals surface area contributed by atoms with Crippen LogP contribution in [0.15, 0.2) is 42.7 Å². The first-order valence-electron chi connectivity index (χ1n) is 7.26. The summed E-state index contributed by atoms with van der Waals surface area (Å²) in [7, 11) is 0. The molecule has 0 aliphatic carbocycles.